The van der Waals surface area contributed by atoms with Gasteiger partial charge in [-0.1, -0.05) is 29.3 Å². The third-order valence-electron chi connectivity index (χ3n) is 4.52. The standard InChI is InChI=1S/C17H20Cl2N4O/c1-22(10-14-15(18)4-3-5-16(14)19)17(24)13-8-20-7-12(13)11-6-21-23(2)9-11/h3-6,9,12-13,20H,7-8,10H2,1-2H3/t12-,13+/m1/s1. The smallest absolute Gasteiger partial charge is 0.227 e. The van der Waals surface area contributed by atoms with Crippen molar-refractivity contribution in [1.29, 1.82) is 0 Å². The van der Waals surface area contributed by atoms with Crippen LogP contribution in [0.25, 0.3) is 0 Å². The summed E-state index contributed by atoms with van der Waals surface area (Å²) in [5, 5.41) is 8.69. The number of aryl methyl sites for hydroxylation is 1. The quantitative estimate of drug-likeness (QED) is 0.904. The Morgan fingerprint density at radius 1 is 1.38 bits per heavy atom. The molecule has 0 spiro atoms. The Kier molecular flexibility index (Phi) is 5.13. The van der Waals surface area contributed by atoms with Crippen LogP contribution in [0.2, 0.25) is 10.0 Å². The van der Waals surface area contributed by atoms with Gasteiger partial charge in [0.15, 0.2) is 0 Å². The summed E-state index contributed by atoms with van der Waals surface area (Å²) < 4.78 is 1.77. The zero-order valence-electron chi connectivity index (χ0n) is 13.7. The van der Waals surface area contributed by atoms with E-state index in [1.54, 1.807) is 34.8 Å². The minimum Gasteiger partial charge on any atom is -0.341 e. The summed E-state index contributed by atoms with van der Waals surface area (Å²) in [7, 11) is 3.68. The number of amides is 1. The van der Waals surface area contributed by atoms with Crippen LogP contribution in [0.3, 0.4) is 0 Å². The van der Waals surface area contributed by atoms with E-state index in [0.29, 0.717) is 23.1 Å². The van der Waals surface area contributed by atoms with E-state index in [9.17, 15) is 4.79 Å². The summed E-state index contributed by atoms with van der Waals surface area (Å²) in [6.07, 6.45) is 3.81. The van der Waals surface area contributed by atoms with E-state index < -0.39 is 0 Å². The molecular formula is C17H20Cl2N4O. The first-order valence-corrected chi connectivity index (χ1v) is 8.60. The normalized spacial score (nSPS) is 20.3. The number of hydrogen-bond donors (Lipinski definition) is 1. The van der Waals surface area contributed by atoms with Crippen LogP contribution in [0.1, 0.15) is 17.0 Å². The van der Waals surface area contributed by atoms with Gasteiger partial charge in [0.2, 0.25) is 5.91 Å². The van der Waals surface area contributed by atoms with Crippen LogP contribution in [-0.4, -0.2) is 40.7 Å². The molecule has 24 heavy (non-hydrogen) atoms. The molecule has 0 unspecified atom stereocenters. The van der Waals surface area contributed by atoms with E-state index in [1.165, 1.54) is 0 Å². The molecule has 1 aliphatic rings. The van der Waals surface area contributed by atoms with E-state index in [4.69, 9.17) is 23.2 Å². The van der Waals surface area contributed by atoms with Crippen LogP contribution in [0, 0.1) is 5.92 Å². The van der Waals surface area contributed by atoms with Gasteiger partial charge >= 0.3 is 0 Å². The first-order valence-electron chi connectivity index (χ1n) is 7.84. The van der Waals surface area contributed by atoms with Gasteiger partial charge in [0.25, 0.3) is 0 Å². The molecule has 1 amide bonds. The maximum absolute atomic E-state index is 12.9. The second-order valence-electron chi connectivity index (χ2n) is 6.21. The molecule has 3 rings (SSSR count). The number of rotatable bonds is 4. The van der Waals surface area contributed by atoms with Gasteiger partial charge < -0.3 is 10.2 Å². The molecule has 0 radical (unpaired) electrons. The second kappa shape index (κ2) is 7.13. The number of nitrogens with one attached hydrogen (secondary N) is 1. The molecule has 2 aromatic rings. The lowest BCUT2D eigenvalue weighted by molar-refractivity contribution is -0.134. The highest BCUT2D eigenvalue weighted by Gasteiger charge is 2.36. The van der Waals surface area contributed by atoms with Crippen molar-refractivity contribution in [3.63, 3.8) is 0 Å². The van der Waals surface area contributed by atoms with E-state index in [-0.39, 0.29) is 17.7 Å². The van der Waals surface area contributed by atoms with Crippen molar-refractivity contribution < 1.29 is 4.79 Å². The van der Waals surface area contributed by atoms with Crippen molar-refractivity contribution in [2.45, 2.75) is 12.5 Å². The van der Waals surface area contributed by atoms with Gasteiger partial charge in [-0.05, 0) is 17.7 Å². The van der Waals surface area contributed by atoms with Crippen LogP contribution in [-0.2, 0) is 18.4 Å². The van der Waals surface area contributed by atoms with E-state index in [0.717, 1.165) is 17.7 Å². The highest BCUT2D eigenvalue weighted by molar-refractivity contribution is 6.36. The molecule has 0 aliphatic carbocycles. The first-order chi connectivity index (χ1) is 11.5. The fourth-order valence-corrected chi connectivity index (χ4v) is 3.72. The first kappa shape index (κ1) is 17.3. The van der Waals surface area contributed by atoms with Crippen molar-refractivity contribution in [1.82, 2.24) is 20.0 Å². The van der Waals surface area contributed by atoms with Gasteiger partial charge in [0, 0.05) is 61.5 Å². The minimum atomic E-state index is -0.111. The Balaban J connectivity index is 1.75. The SMILES string of the molecule is CN(Cc1c(Cl)cccc1Cl)C(=O)[C@H]1CNC[C@@H]1c1cnn(C)c1. The molecular weight excluding hydrogens is 347 g/mol. The van der Waals surface area contributed by atoms with Gasteiger partial charge in [-0.3, -0.25) is 9.48 Å². The molecule has 2 heterocycles. The minimum absolute atomic E-state index is 0.0878. The summed E-state index contributed by atoms with van der Waals surface area (Å²) in [4.78, 5) is 14.6. The lowest BCUT2D eigenvalue weighted by Gasteiger charge is -2.25. The average molecular weight is 367 g/mol. The van der Waals surface area contributed by atoms with E-state index in [2.05, 4.69) is 10.4 Å². The van der Waals surface area contributed by atoms with Crippen LogP contribution in [0.15, 0.2) is 30.6 Å². The van der Waals surface area contributed by atoms with Crippen molar-refractivity contribution >= 4 is 29.1 Å². The fraction of sp³-hybridized carbons (Fsp3) is 0.412. The maximum Gasteiger partial charge on any atom is 0.227 e. The number of benzene rings is 1. The number of carbonyl (C=O) groups is 1. The lowest BCUT2D eigenvalue weighted by Crippen LogP contribution is -2.35. The molecule has 128 valence electrons. The molecule has 1 aromatic heterocycles. The van der Waals surface area contributed by atoms with Crippen molar-refractivity contribution in [2.75, 3.05) is 20.1 Å². The Bertz CT molecular complexity index is 726. The molecule has 7 heteroatoms. The molecule has 0 bridgehead atoms. The Morgan fingerprint density at radius 2 is 2.08 bits per heavy atom. The molecule has 2 atom stereocenters. The summed E-state index contributed by atoms with van der Waals surface area (Å²) in [5.74, 6) is 0.112. The third kappa shape index (κ3) is 3.43. The molecule has 1 fully saturated rings. The molecule has 1 aromatic carbocycles. The average Bonchev–Trinajstić information content (AvgIpc) is 3.18. The Hall–Kier alpha value is -1.56. The topological polar surface area (TPSA) is 50.2 Å². The highest BCUT2D eigenvalue weighted by Crippen LogP contribution is 2.31. The van der Waals surface area contributed by atoms with E-state index in [1.807, 2.05) is 19.4 Å². The number of nitrogens with zero attached hydrogens (tertiary/aromatic N) is 3. The summed E-state index contributed by atoms with van der Waals surface area (Å²) in [6.45, 7) is 1.84. The number of aromatic nitrogens is 2. The van der Waals surface area contributed by atoms with E-state index >= 15 is 0 Å². The van der Waals surface area contributed by atoms with Crippen LogP contribution in [0.5, 0.6) is 0 Å². The summed E-state index contributed by atoms with van der Waals surface area (Å²) in [5.41, 5.74) is 1.87. The third-order valence-corrected chi connectivity index (χ3v) is 5.23. The largest absolute Gasteiger partial charge is 0.341 e. The van der Waals surface area contributed by atoms with Crippen LogP contribution in [0.4, 0.5) is 0 Å². The number of halogens is 2. The van der Waals surface area contributed by atoms with Gasteiger partial charge in [0.1, 0.15) is 0 Å². The second-order valence-corrected chi connectivity index (χ2v) is 7.03. The van der Waals surface area contributed by atoms with Crippen LogP contribution < -0.4 is 5.32 Å². The zero-order valence-corrected chi connectivity index (χ0v) is 15.2. The Morgan fingerprint density at radius 3 is 2.71 bits per heavy atom. The number of carbonyl (C=O) groups excluding carboxylic acids is 1. The maximum atomic E-state index is 12.9. The lowest BCUT2D eigenvalue weighted by atomic mass is 9.90. The van der Waals surface area contributed by atoms with Gasteiger partial charge in [-0.15, -0.1) is 0 Å². The summed E-state index contributed by atoms with van der Waals surface area (Å²) >= 11 is 12.4. The van der Waals surface area contributed by atoms with Gasteiger partial charge in [0.05, 0.1) is 12.1 Å². The number of hydrogen-bond acceptors (Lipinski definition) is 3. The molecule has 1 saturated heterocycles. The van der Waals surface area contributed by atoms with Crippen molar-refractivity contribution in [3.8, 4) is 0 Å². The molecule has 1 N–H and O–H groups in total. The predicted molar refractivity (Wildman–Crippen MR) is 95.2 cm³/mol. The van der Waals surface area contributed by atoms with Gasteiger partial charge in [-0.2, -0.15) is 5.10 Å². The molecule has 5 nitrogen and oxygen atoms in total. The Labute approximate surface area is 151 Å². The highest BCUT2D eigenvalue weighted by atomic mass is 35.5. The summed E-state index contributed by atoms with van der Waals surface area (Å²) in [6, 6.07) is 5.38. The molecule has 1 aliphatic heterocycles. The van der Waals surface area contributed by atoms with Crippen molar-refractivity contribution in [2.24, 2.45) is 13.0 Å². The monoisotopic (exact) mass is 366 g/mol. The van der Waals surface area contributed by atoms with Crippen LogP contribution >= 0.6 is 23.2 Å². The fourth-order valence-electron chi connectivity index (χ4n) is 3.20. The van der Waals surface area contributed by atoms with Crippen molar-refractivity contribution in [3.05, 3.63) is 51.8 Å². The predicted octanol–water partition coefficient (Wildman–Crippen LogP) is 2.69. The van der Waals surface area contributed by atoms with Gasteiger partial charge in [-0.25, -0.2) is 0 Å². The zero-order chi connectivity index (χ0) is 17.3. The molecule has 0 saturated carbocycles.